The van der Waals surface area contributed by atoms with Crippen LogP contribution >= 0.6 is 23.4 Å². The van der Waals surface area contributed by atoms with Crippen LogP contribution in [0, 0.1) is 0 Å². The molecule has 0 amide bonds. The average Bonchev–Trinajstić information content (AvgIpc) is 3.09. The lowest BCUT2D eigenvalue weighted by Gasteiger charge is -2.16. The molecular formula is C16H15ClN4O2S. The van der Waals surface area contributed by atoms with Crippen molar-refractivity contribution in [3.63, 3.8) is 0 Å². The maximum atomic E-state index is 12.9. The molecule has 0 spiro atoms. The Labute approximate surface area is 148 Å². The fourth-order valence-corrected chi connectivity index (χ4v) is 3.41. The molecule has 6 nitrogen and oxygen atoms in total. The SMILES string of the molecule is CSCc1nc(-n2cncn2)ccc1C(=O)C1=C(Cl)CCCC1=O. The molecular weight excluding hydrogens is 348 g/mol. The van der Waals surface area contributed by atoms with E-state index in [0.29, 0.717) is 47.1 Å². The number of ketones is 2. The van der Waals surface area contributed by atoms with E-state index in [2.05, 4.69) is 15.1 Å². The highest BCUT2D eigenvalue weighted by Crippen LogP contribution is 2.29. The molecule has 1 aliphatic carbocycles. The third-order valence-electron chi connectivity index (χ3n) is 3.72. The number of pyridine rings is 1. The van der Waals surface area contributed by atoms with Gasteiger partial charge in [-0.1, -0.05) is 11.6 Å². The summed E-state index contributed by atoms with van der Waals surface area (Å²) in [7, 11) is 0. The molecule has 3 rings (SSSR count). The molecule has 0 radical (unpaired) electrons. The summed E-state index contributed by atoms with van der Waals surface area (Å²) < 4.78 is 1.52. The molecule has 0 saturated carbocycles. The van der Waals surface area contributed by atoms with E-state index in [1.165, 1.54) is 17.3 Å². The number of halogens is 1. The van der Waals surface area contributed by atoms with Crippen LogP contribution in [0.25, 0.3) is 5.82 Å². The Morgan fingerprint density at radius 3 is 2.88 bits per heavy atom. The highest BCUT2D eigenvalue weighted by molar-refractivity contribution is 7.97. The Balaban J connectivity index is 2.03. The summed E-state index contributed by atoms with van der Waals surface area (Å²) in [6.45, 7) is 0. The van der Waals surface area contributed by atoms with Crippen LogP contribution in [0.4, 0.5) is 0 Å². The largest absolute Gasteiger partial charge is 0.294 e. The molecule has 2 aromatic rings. The van der Waals surface area contributed by atoms with Gasteiger partial charge in [0.2, 0.25) is 0 Å². The predicted molar refractivity (Wildman–Crippen MR) is 92.4 cm³/mol. The quantitative estimate of drug-likeness (QED) is 0.601. The lowest BCUT2D eigenvalue weighted by molar-refractivity contribution is -0.115. The summed E-state index contributed by atoms with van der Waals surface area (Å²) in [6.07, 6.45) is 6.50. The Bertz CT molecular complexity index is 817. The highest BCUT2D eigenvalue weighted by Gasteiger charge is 2.28. The van der Waals surface area contributed by atoms with Crippen molar-refractivity contribution >= 4 is 34.9 Å². The van der Waals surface area contributed by atoms with Crippen LogP contribution in [0.15, 0.2) is 35.4 Å². The molecule has 0 aromatic carbocycles. The van der Waals surface area contributed by atoms with Gasteiger partial charge in [0.05, 0.1) is 11.3 Å². The van der Waals surface area contributed by atoms with Crippen molar-refractivity contribution < 1.29 is 9.59 Å². The number of aromatic nitrogens is 4. The van der Waals surface area contributed by atoms with Crippen molar-refractivity contribution in [2.24, 2.45) is 0 Å². The van der Waals surface area contributed by atoms with Gasteiger partial charge < -0.3 is 0 Å². The number of hydrogen-bond donors (Lipinski definition) is 0. The zero-order valence-corrected chi connectivity index (χ0v) is 14.6. The van der Waals surface area contributed by atoms with Crippen LogP contribution in [0.3, 0.4) is 0 Å². The molecule has 1 aliphatic rings. The minimum atomic E-state index is -0.341. The Morgan fingerprint density at radius 1 is 1.38 bits per heavy atom. The van der Waals surface area contributed by atoms with Gasteiger partial charge in [-0.25, -0.2) is 14.6 Å². The fraction of sp³-hybridized carbons (Fsp3) is 0.312. The average molecular weight is 363 g/mol. The number of carbonyl (C=O) groups excluding carboxylic acids is 2. The molecule has 0 N–H and O–H groups in total. The second kappa shape index (κ2) is 7.27. The van der Waals surface area contributed by atoms with Gasteiger partial charge in [0.1, 0.15) is 12.7 Å². The third kappa shape index (κ3) is 3.27. The molecule has 0 atom stereocenters. The summed E-state index contributed by atoms with van der Waals surface area (Å²) in [5.74, 6) is 0.587. The lowest BCUT2D eigenvalue weighted by Crippen LogP contribution is -2.20. The molecule has 0 unspecified atom stereocenters. The van der Waals surface area contributed by atoms with Gasteiger partial charge in [0, 0.05) is 22.8 Å². The first kappa shape index (κ1) is 16.9. The van der Waals surface area contributed by atoms with Crippen LogP contribution in [-0.4, -0.2) is 37.6 Å². The van der Waals surface area contributed by atoms with Crippen LogP contribution < -0.4 is 0 Å². The minimum absolute atomic E-state index is 0.112. The normalized spacial score (nSPS) is 15.0. The topological polar surface area (TPSA) is 77.7 Å². The van der Waals surface area contributed by atoms with Crippen LogP contribution in [0.1, 0.15) is 35.3 Å². The minimum Gasteiger partial charge on any atom is -0.294 e. The number of carbonyl (C=O) groups is 2. The number of thioether (sulfide) groups is 1. The molecule has 0 saturated heterocycles. The number of allylic oxidation sites excluding steroid dienone is 2. The summed E-state index contributed by atoms with van der Waals surface area (Å²) in [5, 5.41) is 4.40. The second-order valence-corrected chi connectivity index (χ2v) is 6.64. The van der Waals surface area contributed by atoms with Crippen molar-refractivity contribution in [3.05, 3.63) is 46.7 Å². The van der Waals surface area contributed by atoms with Crippen molar-refractivity contribution in [2.45, 2.75) is 25.0 Å². The van der Waals surface area contributed by atoms with Gasteiger partial charge in [-0.2, -0.15) is 16.9 Å². The summed E-state index contributed by atoms with van der Waals surface area (Å²) in [5.41, 5.74) is 1.13. The van der Waals surface area contributed by atoms with E-state index in [1.807, 2.05) is 6.26 Å². The number of hydrogen-bond acceptors (Lipinski definition) is 6. The molecule has 0 aliphatic heterocycles. The maximum absolute atomic E-state index is 12.9. The zero-order chi connectivity index (χ0) is 17.1. The smallest absolute Gasteiger partial charge is 0.199 e. The lowest BCUT2D eigenvalue weighted by atomic mass is 9.91. The summed E-state index contributed by atoms with van der Waals surface area (Å²) in [6, 6.07) is 3.37. The van der Waals surface area contributed by atoms with Gasteiger partial charge in [-0.05, 0) is 31.2 Å². The van der Waals surface area contributed by atoms with E-state index < -0.39 is 0 Å². The van der Waals surface area contributed by atoms with Crippen LogP contribution in [0.5, 0.6) is 0 Å². The van der Waals surface area contributed by atoms with E-state index in [0.717, 1.165) is 0 Å². The molecule has 0 fully saturated rings. The first-order valence-corrected chi connectivity index (χ1v) is 9.19. The van der Waals surface area contributed by atoms with Crippen LogP contribution in [-0.2, 0) is 10.5 Å². The maximum Gasteiger partial charge on any atom is 0.199 e. The number of Topliss-reactive ketones (excluding diaryl/α,β-unsaturated/α-hetero) is 2. The monoisotopic (exact) mass is 362 g/mol. The molecule has 24 heavy (non-hydrogen) atoms. The van der Waals surface area contributed by atoms with E-state index in [1.54, 1.807) is 23.9 Å². The molecule has 0 bridgehead atoms. The first-order chi connectivity index (χ1) is 11.6. The van der Waals surface area contributed by atoms with E-state index in [9.17, 15) is 9.59 Å². The zero-order valence-electron chi connectivity index (χ0n) is 13.0. The Morgan fingerprint density at radius 2 is 2.21 bits per heavy atom. The molecule has 2 heterocycles. The Kier molecular flexibility index (Phi) is 5.11. The number of rotatable bonds is 5. The summed E-state index contributed by atoms with van der Waals surface area (Å²) >= 11 is 7.70. The van der Waals surface area contributed by atoms with Gasteiger partial charge in [-0.3, -0.25) is 9.59 Å². The molecule has 8 heteroatoms. The van der Waals surface area contributed by atoms with Crippen molar-refractivity contribution in [1.29, 1.82) is 0 Å². The Hall–Kier alpha value is -1.99. The predicted octanol–water partition coefficient (Wildman–Crippen LogP) is 2.95. The van der Waals surface area contributed by atoms with Gasteiger partial charge in [-0.15, -0.1) is 0 Å². The van der Waals surface area contributed by atoms with Crippen LogP contribution in [0.2, 0.25) is 0 Å². The van der Waals surface area contributed by atoms with E-state index >= 15 is 0 Å². The van der Waals surface area contributed by atoms with Gasteiger partial charge in [0.25, 0.3) is 0 Å². The van der Waals surface area contributed by atoms with Gasteiger partial charge in [0.15, 0.2) is 17.4 Å². The summed E-state index contributed by atoms with van der Waals surface area (Å²) in [4.78, 5) is 33.4. The fourth-order valence-electron chi connectivity index (χ4n) is 2.59. The third-order valence-corrected chi connectivity index (χ3v) is 4.66. The standard InChI is InChI=1S/C16H15ClN4O2S/c1-24-7-12-10(5-6-14(20-12)21-9-18-8-19-21)16(23)15-11(17)3-2-4-13(15)22/h5-6,8-9H,2-4,7H2,1H3. The molecule has 2 aromatic heterocycles. The first-order valence-electron chi connectivity index (χ1n) is 7.42. The highest BCUT2D eigenvalue weighted by atomic mass is 35.5. The van der Waals surface area contributed by atoms with E-state index in [-0.39, 0.29) is 17.1 Å². The van der Waals surface area contributed by atoms with Crippen molar-refractivity contribution in [2.75, 3.05) is 6.26 Å². The van der Waals surface area contributed by atoms with Crippen molar-refractivity contribution in [3.8, 4) is 5.82 Å². The number of nitrogens with zero attached hydrogens (tertiary/aromatic N) is 4. The van der Waals surface area contributed by atoms with E-state index in [4.69, 9.17) is 11.6 Å². The molecule has 124 valence electrons. The van der Waals surface area contributed by atoms with Crippen molar-refractivity contribution in [1.82, 2.24) is 19.7 Å². The second-order valence-electron chi connectivity index (χ2n) is 5.32. The van der Waals surface area contributed by atoms with Gasteiger partial charge >= 0.3 is 0 Å².